The van der Waals surface area contributed by atoms with Crippen molar-refractivity contribution in [3.8, 4) is 0 Å². The third kappa shape index (κ3) is 3.74. The van der Waals surface area contributed by atoms with Crippen LogP contribution in [0.1, 0.15) is 13.3 Å². The maximum absolute atomic E-state index is 11.8. The van der Waals surface area contributed by atoms with Crippen LogP contribution in [-0.2, 0) is 14.6 Å². The molecule has 0 radical (unpaired) electrons. The van der Waals surface area contributed by atoms with Gasteiger partial charge in [0.25, 0.3) is 0 Å². The molecule has 0 aromatic heterocycles. The van der Waals surface area contributed by atoms with Crippen LogP contribution in [0.3, 0.4) is 0 Å². The normalized spacial score (nSPS) is 11.1. The minimum absolute atomic E-state index is 0.0185. The van der Waals surface area contributed by atoms with Crippen LogP contribution >= 0.6 is 0 Å². The number of hydrogen-bond donors (Lipinski definition) is 2. The largest absolute Gasteiger partial charge is 0.481 e. The number of para-hydroxylation sites is 1. The second-order valence-electron chi connectivity index (χ2n) is 3.47. The number of anilines is 1. The Bertz CT molecular complexity index is 496. The first kappa shape index (κ1) is 13.5. The van der Waals surface area contributed by atoms with Crippen LogP contribution < -0.4 is 5.32 Å². The van der Waals surface area contributed by atoms with Gasteiger partial charge in [0, 0.05) is 6.54 Å². The molecule has 0 atom stereocenters. The van der Waals surface area contributed by atoms with E-state index >= 15 is 0 Å². The van der Waals surface area contributed by atoms with Crippen LogP contribution in [0.25, 0.3) is 0 Å². The molecule has 0 saturated carbocycles. The molecule has 0 spiro atoms. The summed E-state index contributed by atoms with van der Waals surface area (Å²) in [6, 6.07) is 6.50. The molecule has 0 heterocycles. The molecule has 1 aromatic rings. The molecule has 94 valence electrons. The average Bonchev–Trinajstić information content (AvgIpc) is 2.29. The van der Waals surface area contributed by atoms with Gasteiger partial charge in [-0.2, -0.15) is 0 Å². The number of carboxylic acid groups (broad SMARTS) is 1. The quantitative estimate of drug-likeness (QED) is 0.804. The van der Waals surface area contributed by atoms with Crippen molar-refractivity contribution in [3.05, 3.63) is 24.3 Å². The summed E-state index contributed by atoms with van der Waals surface area (Å²) in [5.74, 6) is -0.904. The average molecular weight is 257 g/mol. The standard InChI is InChI=1S/C11H15NO4S/c1-2-17(15,16)10-6-4-3-5-9(10)12-8-7-11(13)14/h3-6,12H,2,7-8H2,1H3,(H,13,14). The molecule has 0 amide bonds. The molecule has 0 unspecified atom stereocenters. The summed E-state index contributed by atoms with van der Waals surface area (Å²) in [6.07, 6.45) is -0.0551. The Labute approximate surface area is 100 Å². The van der Waals surface area contributed by atoms with Gasteiger partial charge >= 0.3 is 5.97 Å². The molecule has 0 fully saturated rings. The first-order valence-corrected chi connectivity index (χ1v) is 6.90. The van der Waals surface area contributed by atoms with Gasteiger partial charge in [-0.3, -0.25) is 4.79 Å². The molecule has 17 heavy (non-hydrogen) atoms. The van der Waals surface area contributed by atoms with E-state index in [1.807, 2.05) is 0 Å². The minimum Gasteiger partial charge on any atom is -0.481 e. The summed E-state index contributed by atoms with van der Waals surface area (Å²) in [5.41, 5.74) is 0.454. The van der Waals surface area contributed by atoms with Gasteiger partial charge in [-0.1, -0.05) is 19.1 Å². The second-order valence-corrected chi connectivity index (χ2v) is 5.72. The van der Waals surface area contributed by atoms with E-state index in [0.29, 0.717) is 5.69 Å². The van der Waals surface area contributed by atoms with E-state index in [9.17, 15) is 13.2 Å². The molecule has 1 rings (SSSR count). The number of hydrogen-bond acceptors (Lipinski definition) is 4. The molecule has 0 aliphatic carbocycles. The molecule has 6 heteroatoms. The fraction of sp³-hybridized carbons (Fsp3) is 0.364. The van der Waals surface area contributed by atoms with E-state index in [1.54, 1.807) is 25.1 Å². The van der Waals surface area contributed by atoms with E-state index in [2.05, 4.69) is 5.32 Å². The predicted octanol–water partition coefficient (Wildman–Crippen LogP) is 1.37. The number of aliphatic carboxylic acids is 1. The molecule has 5 nitrogen and oxygen atoms in total. The van der Waals surface area contributed by atoms with Gasteiger partial charge in [-0.15, -0.1) is 0 Å². The maximum atomic E-state index is 11.8. The van der Waals surface area contributed by atoms with Crippen molar-refractivity contribution in [3.63, 3.8) is 0 Å². The summed E-state index contributed by atoms with van der Waals surface area (Å²) in [4.78, 5) is 10.6. The predicted molar refractivity (Wildman–Crippen MR) is 64.9 cm³/mol. The van der Waals surface area contributed by atoms with Crippen molar-refractivity contribution in [2.45, 2.75) is 18.2 Å². The van der Waals surface area contributed by atoms with E-state index in [0.717, 1.165) is 0 Å². The SMILES string of the molecule is CCS(=O)(=O)c1ccccc1NCCC(=O)O. The zero-order valence-corrected chi connectivity index (χ0v) is 10.3. The topological polar surface area (TPSA) is 83.5 Å². The third-order valence-electron chi connectivity index (χ3n) is 2.26. The fourth-order valence-electron chi connectivity index (χ4n) is 1.34. The lowest BCUT2D eigenvalue weighted by Gasteiger charge is -2.10. The van der Waals surface area contributed by atoms with Gasteiger partial charge in [0.1, 0.15) is 0 Å². The maximum Gasteiger partial charge on any atom is 0.305 e. The molecule has 1 aromatic carbocycles. The van der Waals surface area contributed by atoms with E-state index in [1.165, 1.54) is 6.07 Å². The van der Waals surface area contributed by atoms with Crippen molar-refractivity contribution in [2.24, 2.45) is 0 Å². The highest BCUT2D eigenvalue weighted by Crippen LogP contribution is 2.21. The molecule has 0 saturated heterocycles. The number of carbonyl (C=O) groups is 1. The molecule has 0 aliphatic heterocycles. The highest BCUT2D eigenvalue weighted by Gasteiger charge is 2.15. The molecule has 0 bridgehead atoms. The summed E-state index contributed by atoms with van der Waals surface area (Å²) in [7, 11) is -3.29. The lowest BCUT2D eigenvalue weighted by Crippen LogP contribution is -2.12. The van der Waals surface area contributed by atoms with Crippen LogP contribution in [-0.4, -0.2) is 31.8 Å². The zero-order valence-electron chi connectivity index (χ0n) is 9.51. The summed E-state index contributed by atoms with van der Waals surface area (Å²) in [6.45, 7) is 1.77. The third-order valence-corrected chi connectivity index (χ3v) is 4.04. The number of nitrogens with one attached hydrogen (secondary N) is 1. The second kappa shape index (κ2) is 5.67. The zero-order chi connectivity index (χ0) is 12.9. The number of carboxylic acids is 1. The minimum atomic E-state index is -3.29. The highest BCUT2D eigenvalue weighted by molar-refractivity contribution is 7.91. The van der Waals surface area contributed by atoms with Crippen molar-refractivity contribution in [1.29, 1.82) is 0 Å². The first-order chi connectivity index (χ1) is 7.97. The Morgan fingerprint density at radius 2 is 2.00 bits per heavy atom. The number of rotatable bonds is 6. The van der Waals surface area contributed by atoms with Crippen molar-refractivity contribution in [2.75, 3.05) is 17.6 Å². The van der Waals surface area contributed by atoms with Gasteiger partial charge < -0.3 is 10.4 Å². The lowest BCUT2D eigenvalue weighted by atomic mass is 10.3. The highest BCUT2D eigenvalue weighted by atomic mass is 32.2. The molecule has 0 aliphatic rings. The first-order valence-electron chi connectivity index (χ1n) is 5.25. The van der Waals surface area contributed by atoms with Crippen LogP contribution in [0.15, 0.2) is 29.2 Å². The van der Waals surface area contributed by atoms with Crippen molar-refractivity contribution < 1.29 is 18.3 Å². The van der Waals surface area contributed by atoms with E-state index < -0.39 is 15.8 Å². The van der Waals surface area contributed by atoms with Crippen molar-refractivity contribution in [1.82, 2.24) is 0 Å². The smallest absolute Gasteiger partial charge is 0.305 e. The Morgan fingerprint density at radius 1 is 1.35 bits per heavy atom. The number of sulfone groups is 1. The van der Waals surface area contributed by atoms with E-state index in [4.69, 9.17) is 5.11 Å². The molecular formula is C11H15NO4S. The van der Waals surface area contributed by atoms with Gasteiger partial charge in [0.05, 0.1) is 22.8 Å². The van der Waals surface area contributed by atoms with Crippen molar-refractivity contribution >= 4 is 21.5 Å². The van der Waals surface area contributed by atoms with Crippen LogP contribution in [0.5, 0.6) is 0 Å². The van der Waals surface area contributed by atoms with Crippen LogP contribution in [0, 0.1) is 0 Å². The van der Waals surface area contributed by atoms with Gasteiger partial charge in [-0.25, -0.2) is 8.42 Å². The summed E-state index contributed by atoms with van der Waals surface area (Å²) in [5, 5.41) is 11.3. The molecular weight excluding hydrogens is 242 g/mol. The Morgan fingerprint density at radius 3 is 2.59 bits per heavy atom. The lowest BCUT2D eigenvalue weighted by molar-refractivity contribution is -0.136. The molecule has 2 N–H and O–H groups in total. The van der Waals surface area contributed by atoms with Gasteiger partial charge in [-0.05, 0) is 12.1 Å². The summed E-state index contributed by atoms with van der Waals surface area (Å²) < 4.78 is 23.5. The van der Waals surface area contributed by atoms with Gasteiger partial charge in [0.15, 0.2) is 9.84 Å². The monoisotopic (exact) mass is 257 g/mol. The van der Waals surface area contributed by atoms with Crippen LogP contribution in [0.4, 0.5) is 5.69 Å². The Hall–Kier alpha value is -1.56. The van der Waals surface area contributed by atoms with E-state index in [-0.39, 0.29) is 23.6 Å². The Kier molecular flexibility index (Phi) is 4.51. The van der Waals surface area contributed by atoms with Crippen LogP contribution in [0.2, 0.25) is 0 Å². The Balaban J connectivity index is 2.89. The summed E-state index contributed by atoms with van der Waals surface area (Å²) >= 11 is 0. The van der Waals surface area contributed by atoms with Gasteiger partial charge in [0.2, 0.25) is 0 Å². The number of benzene rings is 1. The fourth-order valence-corrected chi connectivity index (χ4v) is 2.42.